The third kappa shape index (κ3) is 6.32. The number of nitrogens with one attached hydrogen (secondary N) is 2. The fourth-order valence-electron chi connectivity index (χ4n) is 2.67. The molecule has 6 heteroatoms. The second-order valence-electron chi connectivity index (χ2n) is 6.14. The van der Waals surface area contributed by atoms with E-state index in [-0.39, 0.29) is 17.6 Å². The van der Waals surface area contributed by atoms with Crippen molar-refractivity contribution in [2.75, 3.05) is 23.7 Å². The number of thioether (sulfide) groups is 1. The molecule has 0 aliphatic heterocycles. The van der Waals surface area contributed by atoms with Crippen LogP contribution in [0.25, 0.3) is 0 Å². The van der Waals surface area contributed by atoms with Crippen LogP contribution in [0.1, 0.15) is 35.3 Å². The highest BCUT2D eigenvalue weighted by Crippen LogP contribution is 2.16. The van der Waals surface area contributed by atoms with Crippen LogP contribution in [0, 0.1) is 6.92 Å². The molecular formula is C21H27N3O2S. The molecule has 0 aliphatic carbocycles. The molecule has 5 nitrogen and oxygen atoms in total. The summed E-state index contributed by atoms with van der Waals surface area (Å²) in [5.74, 6) is 0.510. The minimum Gasteiger partial charge on any atom is -0.372 e. The zero-order valence-corrected chi connectivity index (χ0v) is 16.9. The molecule has 2 rings (SSSR count). The van der Waals surface area contributed by atoms with E-state index in [1.807, 2.05) is 24.3 Å². The molecule has 0 heterocycles. The Labute approximate surface area is 165 Å². The molecule has 0 bridgehead atoms. The summed E-state index contributed by atoms with van der Waals surface area (Å²) in [5, 5.41) is 0. The van der Waals surface area contributed by atoms with E-state index < -0.39 is 0 Å². The first-order valence-electron chi connectivity index (χ1n) is 9.11. The van der Waals surface area contributed by atoms with Gasteiger partial charge in [0.2, 0.25) is 5.91 Å². The zero-order chi connectivity index (χ0) is 19.6. The SMILES string of the molecule is CCN(CC)c1ccc(C(=O)NNC(=O)CSCc2ccccc2C)cc1. The molecule has 2 N–H and O–H groups in total. The monoisotopic (exact) mass is 385 g/mol. The van der Waals surface area contributed by atoms with Crippen molar-refractivity contribution in [1.29, 1.82) is 0 Å². The van der Waals surface area contributed by atoms with Gasteiger partial charge in [-0.05, 0) is 56.2 Å². The first kappa shape index (κ1) is 20.8. The fourth-order valence-corrected chi connectivity index (χ4v) is 3.58. The number of hydrazine groups is 1. The van der Waals surface area contributed by atoms with Crippen molar-refractivity contribution < 1.29 is 9.59 Å². The Kier molecular flexibility index (Phi) is 8.20. The third-order valence-corrected chi connectivity index (χ3v) is 5.31. The molecule has 0 saturated heterocycles. The van der Waals surface area contributed by atoms with Gasteiger partial charge in [0, 0.05) is 30.1 Å². The Balaban J connectivity index is 1.76. The normalized spacial score (nSPS) is 10.3. The number of amides is 2. The first-order valence-corrected chi connectivity index (χ1v) is 10.3. The lowest BCUT2D eigenvalue weighted by Gasteiger charge is -2.21. The molecule has 0 spiro atoms. The molecular weight excluding hydrogens is 358 g/mol. The highest BCUT2D eigenvalue weighted by molar-refractivity contribution is 7.99. The summed E-state index contributed by atoms with van der Waals surface area (Å²) in [6.07, 6.45) is 0. The fraction of sp³-hybridized carbons (Fsp3) is 0.333. The highest BCUT2D eigenvalue weighted by Gasteiger charge is 2.09. The van der Waals surface area contributed by atoms with Gasteiger partial charge >= 0.3 is 0 Å². The largest absolute Gasteiger partial charge is 0.372 e. The lowest BCUT2D eigenvalue weighted by Crippen LogP contribution is -2.42. The molecule has 0 aliphatic rings. The maximum atomic E-state index is 12.2. The van der Waals surface area contributed by atoms with Crippen molar-refractivity contribution in [3.63, 3.8) is 0 Å². The van der Waals surface area contributed by atoms with E-state index >= 15 is 0 Å². The van der Waals surface area contributed by atoms with Gasteiger partial charge in [-0.3, -0.25) is 20.4 Å². The van der Waals surface area contributed by atoms with Crippen molar-refractivity contribution in [2.45, 2.75) is 26.5 Å². The van der Waals surface area contributed by atoms with Crippen LogP contribution in [0.4, 0.5) is 5.69 Å². The Morgan fingerprint density at radius 2 is 1.63 bits per heavy atom. The van der Waals surface area contributed by atoms with Crippen LogP contribution in [0.15, 0.2) is 48.5 Å². The number of hydrogen-bond acceptors (Lipinski definition) is 4. The summed E-state index contributed by atoms with van der Waals surface area (Å²) >= 11 is 1.52. The molecule has 2 amide bonds. The van der Waals surface area contributed by atoms with Crippen LogP contribution in [0.3, 0.4) is 0 Å². The van der Waals surface area contributed by atoms with Crippen LogP contribution >= 0.6 is 11.8 Å². The van der Waals surface area contributed by atoms with Gasteiger partial charge in [0.25, 0.3) is 5.91 Å². The smallest absolute Gasteiger partial charge is 0.269 e. The quantitative estimate of drug-likeness (QED) is 0.683. The van der Waals surface area contributed by atoms with E-state index in [4.69, 9.17) is 0 Å². The summed E-state index contributed by atoms with van der Waals surface area (Å²) in [6.45, 7) is 8.08. The van der Waals surface area contributed by atoms with Gasteiger partial charge in [0.1, 0.15) is 0 Å². The summed E-state index contributed by atoms with van der Waals surface area (Å²) in [7, 11) is 0. The van der Waals surface area contributed by atoms with Gasteiger partial charge in [-0.1, -0.05) is 24.3 Å². The van der Waals surface area contributed by atoms with Crippen LogP contribution in [-0.4, -0.2) is 30.7 Å². The predicted octanol–water partition coefficient (Wildman–Crippen LogP) is 3.54. The lowest BCUT2D eigenvalue weighted by atomic mass is 10.1. The Bertz CT molecular complexity index is 758. The summed E-state index contributed by atoms with van der Waals surface area (Å²) in [4.78, 5) is 26.3. The van der Waals surface area contributed by atoms with E-state index in [0.29, 0.717) is 5.56 Å². The third-order valence-electron chi connectivity index (χ3n) is 4.33. The van der Waals surface area contributed by atoms with Crippen molar-refractivity contribution >= 4 is 29.3 Å². The number of rotatable bonds is 8. The van der Waals surface area contributed by atoms with Crippen LogP contribution < -0.4 is 15.8 Å². The maximum absolute atomic E-state index is 12.2. The van der Waals surface area contributed by atoms with Gasteiger partial charge < -0.3 is 4.90 Å². The second kappa shape index (κ2) is 10.6. The molecule has 0 atom stereocenters. The maximum Gasteiger partial charge on any atom is 0.269 e. The van der Waals surface area contributed by atoms with E-state index in [1.54, 1.807) is 12.1 Å². The van der Waals surface area contributed by atoms with Gasteiger partial charge in [-0.25, -0.2) is 0 Å². The number of carbonyl (C=O) groups is 2. The molecule has 0 saturated carbocycles. The van der Waals surface area contributed by atoms with Gasteiger partial charge in [-0.15, -0.1) is 11.8 Å². The Morgan fingerprint density at radius 1 is 0.963 bits per heavy atom. The Hall–Kier alpha value is -2.47. The molecule has 144 valence electrons. The highest BCUT2D eigenvalue weighted by atomic mass is 32.2. The number of benzene rings is 2. The summed E-state index contributed by atoms with van der Waals surface area (Å²) in [5.41, 5.74) is 8.96. The number of aryl methyl sites for hydroxylation is 1. The number of carbonyl (C=O) groups excluding carboxylic acids is 2. The van der Waals surface area contributed by atoms with E-state index in [9.17, 15) is 9.59 Å². The van der Waals surface area contributed by atoms with Gasteiger partial charge in [-0.2, -0.15) is 0 Å². The average molecular weight is 386 g/mol. The van der Waals surface area contributed by atoms with Crippen LogP contribution in [0.5, 0.6) is 0 Å². The summed E-state index contributed by atoms with van der Waals surface area (Å²) in [6, 6.07) is 15.5. The van der Waals surface area contributed by atoms with Crippen LogP contribution in [0.2, 0.25) is 0 Å². The molecule has 0 fully saturated rings. The molecule has 2 aromatic rings. The topological polar surface area (TPSA) is 61.4 Å². The number of nitrogens with zero attached hydrogens (tertiary/aromatic N) is 1. The first-order chi connectivity index (χ1) is 13.0. The molecule has 0 radical (unpaired) electrons. The van der Waals surface area contributed by atoms with E-state index in [1.165, 1.54) is 22.9 Å². The zero-order valence-electron chi connectivity index (χ0n) is 16.1. The summed E-state index contributed by atoms with van der Waals surface area (Å²) < 4.78 is 0. The molecule has 27 heavy (non-hydrogen) atoms. The Morgan fingerprint density at radius 3 is 2.26 bits per heavy atom. The van der Waals surface area contributed by atoms with Crippen LogP contribution in [-0.2, 0) is 10.5 Å². The minimum absolute atomic E-state index is 0.221. The van der Waals surface area contributed by atoms with Crippen molar-refractivity contribution in [2.24, 2.45) is 0 Å². The number of anilines is 1. The van der Waals surface area contributed by atoms with Crippen molar-refractivity contribution in [3.8, 4) is 0 Å². The second-order valence-corrected chi connectivity index (χ2v) is 7.13. The molecule has 0 aromatic heterocycles. The molecule has 2 aromatic carbocycles. The van der Waals surface area contributed by atoms with E-state index in [0.717, 1.165) is 24.5 Å². The standard InChI is InChI=1S/C21H27N3O2S/c1-4-24(5-2)19-12-10-17(11-13-19)21(26)23-22-20(25)15-27-14-18-9-7-6-8-16(18)3/h6-13H,4-5,14-15H2,1-3H3,(H,22,25)(H,23,26). The van der Waals surface area contributed by atoms with E-state index in [2.05, 4.69) is 48.7 Å². The predicted molar refractivity (Wildman–Crippen MR) is 113 cm³/mol. The molecule has 0 unspecified atom stereocenters. The van der Waals surface area contributed by atoms with Gasteiger partial charge in [0.05, 0.1) is 5.75 Å². The lowest BCUT2D eigenvalue weighted by molar-refractivity contribution is -0.119. The van der Waals surface area contributed by atoms with Crippen molar-refractivity contribution in [1.82, 2.24) is 10.9 Å². The van der Waals surface area contributed by atoms with Crippen molar-refractivity contribution in [3.05, 3.63) is 65.2 Å². The average Bonchev–Trinajstić information content (AvgIpc) is 2.69. The van der Waals surface area contributed by atoms with Gasteiger partial charge in [0.15, 0.2) is 0 Å². The minimum atomic E-state index is -0.321. The number of hydrogen-bond donors (Lipinski definition) is 2.